The summed E-state index contributed by atoms with van der Waals surface area (Å²) < 4.78 is 10.6. The molecular weight excluding hydrogens is 462 g/mol. The number of aliphatic hydroxyl groups is 8. The van der Waals surface area contributed by atoms with Gasteiger partial charge < -0.3 is 55.6 Å². The Balaban J connectivity index is 2.38. The highest BCUT2D eigenvalue weighted by atomic mass is 16.7. The normalized spacial score (nSPS) is 28.5. The first kappa shape index (κ1) is 32.6. The van der Waals surface area contributed by atoms with Gasteiger partial charge in [-0.2, -0.15) is 0 Å². The third kappa shape index (κ3) is 11.7. The van der Waals surface area contributed by atoms with Gasteiger partial charge in [-0.15, -0.1) is 0 Å². The van der Waals surface area contributed by atoms with E-state index in [1.54, 1.807) is 0 Å². The van der Waals surface area contributed by atoms with Crippen LogP contribution in [0.3, 0.4) is 0 Å². The summed E-state index contributed by atoms with van der Waals surface area (Å²) in [5, 5.41) is 82.6. The van der Waals surface area contributed by atoms with Crippen LogP contribution in [0.25, 0.3) is 0 Å². The fourth-order valence-electron chi connectivity index (χ4n) is 4.16. The molecule has 0 unspecified atom stereocenters. The van der Waals surface area contributed by atoms with Crippen molar-refractivity contribution in [2.75, 3.05) is 26.3 Å². The van der Waals surface area contributed by atoms with E-state index in [1.807, 2.05) is 0 Å². The summed E-state index contributed by atoms with van der Waals surface area (Å²) in [4.78, 5) is 0. The zero-order valence-electron chi connectivity index (χ0n) is 21.0. The molecule has 1 heterocycles. The SMILES string of the molecule is CCCCCCCCCCCCNC[C@H](O)[C@@H](O)[C@H](O[C@@H]1O[C@H](CO)[C@H](O)[C@H](O)[C@H]1O)[C@H](O)CO. The van der Waals surface area contributed by atoms with E-state index in [9.17, 15) is 40.9 Å². The monoisotopic (exact) mass is 511 g/mol. The Kier molecular flexibility index (Phi) is 17.5. The van der Waals surface area contributed by atoms with Gasteiger partial charge in [-0.1, -0.05) is 64.7 Å². The predicted molar refractivity (Wildman–Crippen MR) is 128 cm³/mol. The van der Waals surface area contributed by atoms with E-state index in [4.69, 9.17) is 9.47 Å². The van der Waals surface area contributed by atoms with Gasteiger partial charge in [-0.25, -0.2) is 0 Å². The van der Waals surface area contributed by atoms with Gasteiger partial charge in [0.1, 0.15) is 42.7 Å². The minimum Gasteiger partial charge on any atom is -0.394 e. The van der Waals surface area contributed by atoms with Crippen molar-refractivity contribution < 1.29 is 50.3 Å². The molecule has 0 amide bonds. The Morgan fingerprint density at radius 2 is 1.34 bits per heavy atom. The molecule has 9 N–H and O–H groups in total. The van der Waals surface area contributed by atoms with Gasteiger partial charge in [0.25, 0.3) is 0 Å². The molecule has 1 saturated heterocycles. The number of unbranched alkanes of at least 4 members (excludes halogenated alkanes) is 9. The number of rotatable bonds is 20. The first-order valence-electron chi connectivity index (χ1n) is 13.1. The van der Waals surface area contributed by atoms with Crippen molar-refractivity contribution in [3.05, 3.63) is 0 Å². The molecule has 0 aromatic heterocycles. The van der Waals surface area contributed by atoms with Gasteiger partial charge in [0, 0.05) is 6.54 Å². The number of nitrogens with one attached hydrogen (secondary N) is 1. The molecule has 0 radical (unpaired) electrons. The Morgan fingerprint density at radius 3 is 1.89 bits per heavy atom. The Bertz CT molecular complexity index is 515. The third-order valence-corrected chi connectivity index (χ3v) is 6.50. The van der Waals surface area contributed by atoms with Crippen molar-refractivity contribution in [1.82, 2.24) is 5.32 Å². The molecule has 11 heteroatoms. The van der Waals surface area contributed by atoms with Crippen molar-refractivity contribution in [3.63, 3.8) is 0 Å². The van der Waals surface area contributed by atoms with Gasteiger partial charge in [0.2, 0.25) is 0 Å². The van der Waals surface area contributed by atoms with Gasteiger partial charge in [0.15, 0.2) is 6.29 Å². The van der Waals surface area contributed by atoms with Crippen LogP contribution >= 0.6 is 0 Å². The van der Waals surface area contributed by atoms with Crippen LogP contribution in [-0.4, -0.2) is 122 Å². The van der Waals surface area contributed by atoms with E-state index in [2.05, 4.69) is 12.2 Å². The molecule has 0 aromatic carbocycles. The summed E-state index contributed by atoms with van der Waals surface area (Å²) >= 11 is 0. The summed E-state index contributed by atoms with van der Waals surface area (Å²) in [7, 11) is 0. The molecule has 1 fully saturated rings. The largest absolute Gasteiger partial charge is 0.394 e. The van der Waals surface area contributed by atoms with Crippen LogP contribution < -0.4 is 5.32 Å². The summed E-state index contributed by atoms with van der Waals surface area (Å²) in [6, 6.07) is 0. The summed E-state index contributed by atoms with van der Waals surface area (Å²) in [5.74, 6) is 0. The molecule has 1 aliphatic rings. The molecule has 0 aliphatic carbocycles. The van der Waals surface area contributed by atoms with Gasteiger partial charge in [0.05, 0.1) is 19.3 Å². The summed E-state index contributed by atoms with van der Waals surface area (Å²) in [5.41, 5.74) is 0. The lowest BCUT2D eigenvalue weighted by Gasteiger charge is -2.42. The number of aliphatic hydroxyl groups excluding tert-OH is 8. The Hall–Kier alpha value is -0.440. The maximum atomic E-state index is 10.5. The first-order valence-corrected chi connectivity index (χ1v) is 13.1. The van der Waals surface area contributed by atoms with Crippen molar-refractivity contribution in [3.8, 4) is 0 Å². The maximum absolute atomic E-state index is 10.5. The number of hydrogen-bond acceptors (Lipinski definition) is 11. The van der Waals surface area contributed by atoms with Crippen molar-refractivity contribution in [2.24, 2.45) is 0 Å². The molecule has 0 spiro atoms. The first-order chi connectivity index (χ1) is 16.8. The zero-order valence-corrected chi connectivity index (χ0v) is 21.0. The molecular formula is C24H49NO10. The number of ether oxygens (including phenoxy) is 2. The molecule has 1 aliphatic heterocycles. The highest BCUT2D eigenvalue weighted by molar-refractivity contribution is 4.91. The molecule has 11 nitrogen and oxygen atoms in total. The van der Waals surface area contributed by atoms with Gasteiger partial charge in [-0.3, -0.25) is 0 Å². The van der Waals surface area contributed by atoms with Crippen LogP contribution in [-0.2, 0) is 9.47 Å². The van der Waals surface area contributed by atoms with Crippen LogP contribution in [0.4, 0.5) is 0 Å². The van der Waals surface area contributed by atoms with Crippen molar-refractivity contribution in [2.45, 2.75) is 126 Å². The third-order valence-electron chi connectivity index (χ3n) is 6.50. The lowest BCUT2D eigenvalue weighted by molar-refractivity contribution is -0.327. The molecule has 1 rings (SSSR count). The fraction of sp³-hybridized carbons (Fsp3) is 1.00. The highest BCUT2D eigenvalue weighted by Crippen LogP contribution is 2.25. The van der Waals surface area contributed by atoms with Crippen molar-refractivity contribution >= 4 is 0 Å². The Labute approximate surface area is 208 Å². The number of hydrogen-bond donors (Lipinski definition) is 9. The van der Waals surface area contributed by atoms with E-state index in [1.165, 1.54) is 44.9 Å². The smallest absolute Gasteiger partial charge is 0.187 e. The zero-order chi connectivity index (χ0) is 26.2. The molecule has 35 heavy (non-hydrogen) atoms. The second-order valence-corrected chi connectivity index (χ2v) is 9.49. The van der Waals surface area contributed by atoms with E-state index in [0.717, 1.165) is 19.3 Å². The fourth-order valence-corrected chi connectivity index (χ4v) is 4.16. The van der Waals surface area contributed by atoms with Crippen LogP contribution in [0.15, 0.2) is 0 Å². The van der Waals surface area contributed by atoms with Gasteiger partial charge in [-0.05, 0) is 13.0 Å². The second-order valence-electron chi connectivity index (χ2n) is 9.49. The minimum atomic E-state index is -1.75. The molecule has 0 saturated carbocycles. The standard InChI is InChI=1S/C24H49NO10/c1-2-3-4-5-6-7-8-9-10-11-12-25-13-16(28)19(30)23(17(29)14-26)35-24-22(33)21(32)20(31)18(15-27)34-24/h16-33H,2-15H2,1H3/t16-,17+,18+,19+,20-,21-,22+,23+,24-/m0/s1. The molecule has 9 atom stereocenters. The minimum absolute atomic E-state index is 0.00524. The maximum Gasteiger partial charge on any atom is 0.187 e. The van der Waals surface area contributed by atoms with Crippen molar-refractivity contribution in [1.29, 1.82) is 0 Å². The van der Waals surface area contributed by atoms with Crippen LogP contribution in [0.5, 0.6) is 0 Å². The van der Waals surface area contributed by atoms with E-state index in [-0.39, 0.29) is 6.54 Å². The van der Waals surface area contributed by atoms with Crippen LogP contribution in [0, 0.1) is 0 Å². The van der Waals surface area contributed by atoms with E-state index in [0.29, 0.717) is 6.54 Å². The van der Waals surface area contributed by atoms with E-state index < -0.39 is 68.3 Å². The topological polar surface area (TPSA) is 192 Å². The van der Waals surface area contributed by atoms with E-state index >= 15 is 0 Å². The molecule has 0 bridgehead atoms. The van der Waals surface area contributed by atoms with Crippen LogP contribution in [0.2, 0.25) is 0 Å². The molecule has 0 aromatic rings. The highest BCUT2D eigenvalue weighted by Gasteiger charge is 2.46. The molecule has 210 valence electrons. The second kappa shape index (κ2) is 18.8. The average Bonchev–Trinajstić information content (AvgIpc) is 2.86. The quantitative estimate of drug-likeness (QED) is 0.0888. The van der Waals surface area contributed by atoms with Gasteiger partial charge >= 0.3 is 0 Å². The average molecular weight is 512 g/mol. The van der Waals surface area contributed by atoms with Crippen LogP contribution in [0.1, 0.15) is 71.1 Å². The Morgan fingerprint density at radius 1 is 0.771 bits per heavy atom. The summed E-state index contributed by atoms with van der Waals surface area (Å²) in [6.07, 6.45) is -2.07. The lowest BCUT2D eigenvalue weighted by Crippen LogP contribution is -2.61. The summed E-state index contributed by atoms with van der Waals surface area (Å²) in [6.45, 7) is 1.37. The lowest BCUT2D eigenvalue weighted by atomic mass is 9.98. The predicted octanol–water partition coefficient (Wildman–Crippen LogP) is -1.24.